The summed E-state index contributed by atoms with van der Waals surface area (Å²) in [5, 5.41) is 0. The van der Waals surface area contributed by atoms with Crippen molar-refractivity contribution in [2.24, 2.45) is 5.92 Å². The van der Waals surface area contributed by atoms with Crippen molar-refractivity contribution in [3.8, 4) is 0 Å². The Hall–Kier alpha value is -3.34. The Kier molecular flexibility index (Phi) is 5.70. The van der Waals surface area contributed by atoms with Gasteiger partial charge >= 0.3 is 0 Å². The molecule has 3 aromatic rings. The van der Waals surface area contributed by atoms with E-state index in [1.807, 2.05) is 48.5 Å². The zero-order chi connectivity index (χ0) is 21.1. The smallest absolute Gasteiger partial charge is 0.255 e. The van der Waals surface area contributed by atoms with Crippen LogP contribution >= 0.6 is 0 Å². The highest BCUT2D eigenvalue weighted by Crippen LogP contribution is 2.49. The summed E-state index contributed by atoms with van der Waals surface area (Å²) in [7, 11) is 3.55. The van der Waals surface area contributed by atoms with Crippen LogP contribution in [0.15, 0.2) is 77.4 Å². The van der Waals surface area contributed by atoms with E-state index in [-0.39, 0.29) is 23.7 Å². The standard InChI is InChI=1S/C25H26N2O3/c1-26(15-14-18-9-4-3-5-10-18)24(28)19-11-6-7-12-22(19)27(2)25(29)21-17-20(21)23-13-8-16-30-23/h3-13,16,20-21H,14-15,17H2,1-2H3. The highest BCUT2D eigenvalue weighted by molar-refractivity contribution is 6.05. The number of benzene rings is 2. The Morgan fingerprint density at radius 1 is 0.967 bits per heavy atom. The highest BCUT2D eigenvalue weighted by Gasteiger charge is 2.47. The zero-order valence-electron chi connectivity index (χ0n) is 17.3. The second kappa shape index (κ2) is 8.57. The molecule has 2 amide bonds. The summed E-state index contributed by atoms with van der Waals surface area (Å²) in [6.07, 6.45) is 3.20. The van der Waals surface area contributed by atoms with E-state index < -0.39 is 0 Å². The first-order valence-corrected chi connectivity index (χ1v) is 10.3. The summed E-state index contributed by atoms with van der Waals surface area (Å²) >= 11 is 0. The van der Waals surface area contributed by atoms with Crippen LogP contribution in [-0.4, -0.2) is 37.4 Å². The molecular weight excluding hydrogens is 376 g/mol. The monoisotopic (exact) mass is 402 g/mol. The quantitative estimate of drug-likeness (QED) is 0.590. The predicted octanol–water partition coefficient (Wildman–Crippen LogP) is 4.36. The van der Waals surface area contributed by atoms with Gasteiger partial charge in [-0.05, 0) is 42.7 Å². The molecule has 5 heteroatoms. The maximum Gasteiger partial charge on any atom is 0.255 e. The number of furan rings is 1. The van der Waals surface area contributed by atoms with Crippen LogP contribution in [0.2, 0.25) is 0 Å². The minimum absolute atomic E-state index is 0.0172. The molecule has 0 saturated heterocycles. The molecule has 0 spiro atoms. The summed E-state index contributed by atoms with van der Waals surface area (Å²) in [6.45, 7) is 0.609. The van der Waals surface area contributed by atoms with Crippen LogP contribution in [0.4, 0.5) is 5.69 Å². The van der Waals surface area contributed by atoms with Crippen LogP contribution in [0.1, 0.15) is 34.0 Å². The van der Waals surface area contributed by atoms with E-state index in [4.69, 9.17) is 4.42 Å². The van der Waals surface area contributed by atoms with Crippen molar-refractivity contribution in [2.45, 2.75) is 18.8 Å². The van der Waals surface area contributed by atoms with Gasteiger partial charge in [0.1, 0.15) is 5.76 Å². The summed E-state index contributed by atoms with van der Waals surface area (Å²) in [6, 6.07) is 21.2. The Morgan fingerprint density at radius 3 is 2.43 bits per heavy atom. The summed E-state index contributed by atoms with van der Waals surface area (Å²) in [5.41, 5.74) is 2.37. The van der Waals surface area contributed by atoms with Gasteiger partial charge in [-0.25, -0.2) is 0 Å². The van der Waals surface area contributed by atoms with Crippen molar-refractivity contribution in [3.05, 3.63) is 89.9 Å². The second-order valence-electron chi connectivity index (χ2n) is 7.84. The lowest BCUT2D eigenvalue weighted by atomic mass is 10.1. The molecule has 154 valence electrons. The molecule has 5 nitrogen and oxygen atoms in total. The molecule has 0 N–H and O–H groups in total. The first kappa shape index (κ1) is 20.0. The van der Waals surface area contributed by atoms with Gasteiger partial charge in [-0.1, -0.05) is 42.5 Å². The van der Waals surface area contributed by atoms with Gasteiger partial charge in [-0.15, -0.1) is 0 Å². The number of amides is 2. The molecular formula is C25H26N2O3. The Morgan fingerprint density at radius 2 is 1.70 bits per heavy atom. The van der Waals surface area contributed by atoms with E-state index in [1.165, 1.54) is 5.56 Å². The number of carbonyl (C=O) groups excluding carboxylic acids is 2. The van der Waals surface area contributed by atoms with Crippen LogP contribution in [0, 0.1) is 5.92 Å². The minimum atomic E-state index is -0.0971. The van der Waals surface area contributed by atoms with Gasteiger partial charge in [-0.3, -0.25) is 9.59 Å². The van der Waals surface area contributed by atoms with Crippen LogP contribution in [0.3, 0.4) is 0 Å². The normalized spacial score (nSPS) is 17.4. The first-order valence-electron chi connectivity index (χ1n) is 10.3. The molecule has 1 aliphatic carbocycles. The van der Waals surface area contributed by atoms with E-state index in [0.29, 0.717) is 17.8 Å². The lowest BCUT2D eigenvalue weighted by Crippen LogP contribution is -2.33. The molecule has 0 radical (unpaired) electrons. The molecule has 4 rings (SSSR count). The molecule has 30 heavy (non-hydrogen) atoms. The summed E-state index contributed by atoms with van der Waals surface area (Å²) in [4.78, 5) is 29.5. The van der Waals surface area contributed by atoms with Crippen LogP contribution in [0.25, 0.3) is 0 Å². The van der Waals surface area contributed by atoms with Gasteiger partial charge in [0.05, 0.1) is 17.5 Å². The lowest BCUT2D eigenvalue weighted by Gasteiger charge is -2.23. The van der Waals surface area contributed by atoms with Gasteiger partial charge in [-0.2, -0.15) is 0 Å². The SMILES string of the molecule is CN(CCc1ccccc1)C(=O)c1ccccc1N(C)C(=O)C1CC1c1ccco1. The van der Waals surface area contributed by atoms with Crippen LogP contribution < -0.4 is 4.90 Å². The number of para-hydroxylation sites is 1. The van der Waals surface area contributed by atoms with Crippen molar-refractivity contribution in [2.75, 3.05) is 25.5 Å². The van der Waals surface area contributed by atoms with E-state index in [1.54, 1.807) is 36.2 Å². The molecule has 0 aliphatic heterocycles. The zero-order valence-corrected chi connectivity index (χ0v) is 17.3. The van der Waals surface area contributed by atoms with Crippen LogP contribution in [0.5, 0.6) is 0 Å². The Balaban J connectivity index is 1.45. The van der Waals surface area contributed by atoms with Gasteiger partial charge < -0.3 is 14.2 Å². The third-order valence-corrected chi connectivity index (χ3v) is 5.77. The fraction of sp³-hybridized carbons (Fsp3) is 0.280. The molecule has 2 atom stereocenters. The fourth-order valence-electron chi connectivity index (χ4n) is 3.85. The summed E-state index contributed by atoms with van der Waals surface area (Å²) in [5.74, 6) is 0.821. The third kappa shape index (κ3) is 4.15. The first-order chi connectivity index (χ1) is 14.6. The number of anilines is 1. The number of carbonyl (C=O) groups is 2. The third-order valence-electron chi connectivity index (χ3n) is 5.77. The molecule has 0 bridgehead atoms. The topological polar surface area (TPSA) is 53.8 Å². The van der Waals surface area contributed by atoms with E-state index in [9.17, 15) is 9.59 Å². The Labute approximate surface area is 176 Å². The predicted molar refractivity (Wildman–Crippen MR) is 117 cm³/mol. The maximum absolute atomic E-state index is 13.1. The number of likely N-dealkylation sites (N-methyl/N-ethyl adjacent to an activating group) is 1. The Bertz CT molecular complexity index is 1010. The van der Waals surface area contributed by atoms with E-state index in [0.717, 1.165) is 18.6 Å². The minimum Gasteiger partial charge on any atom is -0.469 e. The maximum atomic E-state index is 13.1. The van der Waals surface area contributed by atoms with Crippen molar-refractivity contribution in [1.82, 2.24) is 4.90 Å². The molecule has 1 aliphatic rings. The molecule has 1 fully saturated rings. The van der Waals surface area contributed by atoms with Gasteiger partial charge in [0.2, 0.25) is 5.91 Å². The number of hydrogen-bond donors (Lipinski definition) is 0. The largest absolute Gasteiger partial charge is 0.469 e. The lowest BCUT2D eigenvalue weighted by molar-refractivity contribution is -0.119. The van der Waals surface area contributed by atoms with Gasteiger partial charge in [0.25, 0.3) is 5.91 Å². The molecule has 1 heterocycles. The average molecular weight is 402 g/mol. The number of nitrogens with zero attached hydrogens (tertiary/aromatic N) is 2. The van der Waals surface area contributed by atoms with E-state index in [2.05, 4.69) is 12.1 Å². The summed E-state index contributed by atoms with van der Waals surface area (Å²) < 4.78 is 5.45. The molecule has 2 unspecified atom stereocenters. The van der Waals surface area contributed by atoms with Gasteiger partial charge in [0, 0.05) is 32.5 Å². The molecule has 1 saturated carbocycles. The highest BCUT2D eigenvalue weighted by atomic mass is 16.3. The fourth-order valence-corrected chi connectivity index (χ4v) is 3.85. The van der Waals surface area contributed by atoms with Crippen molar-refractivity contribution in [3.63, 3.8) is 0 Å². The number of hydrogen-bond acceptors (Lipinski definition) is 3. The second-order valence-corrected chi connectivity index (χ2v) is 7.84. The van der Waals surface area contributed by atoms with Crippen molar-refractivity contribution < 1.29 is 14.0 Å². The van der Waals surface area contributed by atoms with Crippen molar-refractivity contribution in [1.29, 1.82) is 0 Å². The van der Waals surface area contributed by atoms with Gasteiger partial charge in [0.15, 0.2) is 0 Å². The van der Waals surface area contributed by atoms with E-state index >= 15 is 0 Å². The molecule has 2 aromatic carbocycles. The number of rotatable bonds is 7. The average Bonchev–Trinajstić information content (AvgIpc) is 3.40. The van der Waals surface area contributed by atoms with Crippen LogP contribution in [-0.2, 0) is 11.2 Å². The molecule has 1 aromatic heterocycles. The van der Waals surface area contributed by atoms with Crippen molar-refractivity contribution >= 4 is 17.5 Å².